The molecule has 1 aliphatic heterocycles. The van der Waals surface area contributed by atoms with Gasteiger partial charge >= 0.3 is 0 Å². The molecule has 3 heterocycles. The van der Waals surface area contributed by atoms with Crippen LogP contribution < -0.4 is 0 Å². The van der Waals surface area contributed by atoms with Crippen molar-refractivity contribution in [3.63, 3.8) is 0 Å². The molecule has 3 N–H and O–H groups in total. The molecule has 10 nitrogen and oxygen atoms in total. The van der Waals surface area contributed by atoms with E-state index >= 15 is 0 Å². The Bertz CT molecular complexity index is 1400. The van der Waals surface area contributed by atoms with E-state index in [0.717, 1.165) is 0 Å². The largest absolute Gasteiger partial charge is 0.394 e. The van der Waals surface area contributed by atoms with Crippen LogP contribution in [0.15, 0.2) is 48.7 Å². The summed E-state index contributed by atoms with van der Waals surface area (Å²) < 4.78 is 22.6. The summed E-state index contributed by atoms with van der Waals surface area (Å²) in [6, 6.07) is 10.0. The van der Waals surface area contributed by atoms with Gasteiger partial charge in [0.1, 0.15) is 47.8 Å². The molecule has 0 radical (unpaired) electrons. The second-order valence-corrected chi connectivity index (χ2v) is 9.21. The fourth-order valence-electron chi connectivity index (χ4n) is 4.25. The Morgan fingerprint density at radius 2 is 1.92 bits per heavy atom. The second-order valence-electron chi connectivity index (χ2n) is 8.37. The first-order valence-corrected chi connectivity index (χ1v) is 11.7. The van der Waals surface area contributed by atoms with Crippen LogP contribution in [0.3, 0.4) is 0 Å². The standard InChI is InChI=1S/C23H21Cl2FN6O4/c1-11-27-23(32(29-11)14-4-2-3-13(24)8-14)22-21(35)19(20(34)18(10-33)36-22)31-9-17(28-30-31)12-5-6-15(25)16(26)7-12/h2-9,18-22,33-35H,10H2,1H3/t18-,19+,20+,21-,22-/m1/s1. The van der Waals surface area contributed by atoms with E-state index < -0.39 is 42.9 Å². The molecule has 1 saturated heterocycles. The number of aromatic nitrogens is 6. The molecule has 5 atom stereocenters. The Morgan fingerprint density at radius 1 is 1.11 bits per heavy atom. The average molecular weight is 535 g/mol. The maximum Gasteiger partial charge on any atom is 0.164 e. The molecule has 0 spiro atoms. The van der Waals surface area contributed by atoms with Crippen molar-refractivity contribution >= 4 is 23.2 Å². The third kappa shape index (κ3) is 4.49. The first-order chi connectivity index (χ1) is 17.3. The highest BCUT2D eigenvalue weighted by Crippen LogP contribution is 2.38. The Morgan fingerprint density at radius 3 is 2.64 bits per heavy atom. The van der Waals surface area contributed by atoms with E-state index in [-0.39, 0.29) is 10.8 Å². The van der Waals surface area contributed by atoms with Crippen molar-refractivity contribution in [1.29, 1.82) is 0 Å². The summed E-state index contributed by atoms with van der Waals surface area (Å²) in [5.41, 5.74) is 1.29. The van der Waals surface area contributed by atoms with Gasteiger partial charge in [-0.2, -0.15) is 5.10 Å². The lowest BCUT2D eigenvalue weighted by atomic mass is 9.92. The van der Waals surface area contributed by atoms with Gasteiger partial charge in [0.25, 0.3) is 0 Å². The Balaban J connectivity index is 1.53. The van der Waals surface area contributed by atoms with Crippen molar-refractivity contribution < 1.29 is 24.4 Å². The van der Waals surface area contributed by atoms with Gasteiger partial charge in [-0.1, -0.05) is 40.5 Å². The summed E-state index contributed by atoms with van der Waals surface area (Å²) in [7, 11) is 0. The van der Waals surface area contributed by atoms with E-state index in [4.69, 9.17) is 27.9 Å². The predicted octanol–water partition coefficient (Wildman–Crippen LogP) is 2.68. The molecule has 0 amide bonds. The van der Waals surface area contributed by atoms with Crippen LogP contribution in [0.5, 0.6) is 0 Å². The van der Waals surface area contributed by atoms with Crippen molar-refractivity contribution in [3.8, 4) is 16.9 Å². The number of aliphatic hydroxyl groups excluding tert-OH is 3. The van der Waals surface area contributed by atoms with Crippen LogP contribution in [0.2, 0.25) is 10.0 Å². The van der Waals surface area contributed by atoms with Gasteiger partial charge < -0.3 is 20.1 Å². The zero-order chi connectivity index (χ0) is 25.6. The summed E-state index contributed by atoms with van der Waals surface area (Å²) in [6.07, 6.45) is -3.43. The fraction of sp³-hybridized carbons (Fsp3) is 0.304. The molecular weight excluding hydrogens is 514 g/mol. The lowest BCUT2D eigenvalue weighted by molar-refractivity contribution is -0.210. The highest BCUT2D eigenvalue weighted by molar-refractivity contribution is 6.31. The van der Waals surface area contributed by atoms with Gasteiger partial charge in [-0.3, -0.25) is 0 Å². The zero-order valence-electron chi connectivity index (χ0n) is 18.8. The predicted molar refractivity (Wildman–Crippen MR) is 127 cm³/mol. The van der Waals surface area contributed by atoms with Crippen LogP contribution in [0, 0.1) is 12.7 Å². The van der Waals surface area contributed by atoms with Crippen LogP contribution in [0.1, 0.15) is 23.8 Å². The molecule has 2 aromatic carbocycles. The lowest BCUT2D eigenvalue weighted by Gasteiger charge is -2.41. The van der Waals surface area contributed by atoms with E-state index in [1.54, 1.807) is 37.3 Å². The van der Waals surface area contributed by atoms with Crippen molar-refractivity contribution in [2.75, 3.05) is 6.61 Å². The summed E-state index contributed by atoms with van der Waals surface area (Å²) in [5.74, 6) is 0.0421. The molecule has 2 aromatic heterocycles. The van der Waals surface area contributed by atoms with E-state index in [1.165, 1.54) is 27.7 Å². The van der Waals surface area contributed by atoms with Crippen molar-refractivity contribution in [3.05, 3.63) is 76.2 Å². The number of hydrogen-bond acceptors (Lipinski definition) is 8. The molecule has 188 valence electrons. The highest BCUT2D eigenvalue weighted by atomic mass is 35.5. The maximum absolute atomic E-state index is 14.0. The monoisotopic (exact) mass is 534 g/mol. The molecule has 5 rings (SSSR count). The molecule has 36 heavy (non-hydrogen) atoms. The van der Waals surface area contributed by atoms with E-state index in [1.807, 2.05) is 0 Å². The number of benzene rings is 2. The molecule has 0 saturated carbocycles. The maximum atomic E-state index is 14.0. The summed E-state index contributed by atoms with van der Waals surface area (Å²) in [5, 5.41) is 45.2. The number of ether oxygens (including phenoxy) is 1. The third-order valence-corrected chi connectivity index (χ3v) is 6.51. The van der Waals surface area contributed by atoms with Crippen LogP contribution >= 0.6 is 23.2 Å². The quantitative estimate of drug-likeness (QED) is 0.356. The lowest BCUT2D eigenvalue weighted by Crippen LogP contribution is -2.53. The van der Waals surface area contributed by atoms with Gasteiger partial charge in [0, 0.05) is 10.6 Å². The topological polar surface area (TPSA) is 131 Å². The number of aliphatic hydroxyl groups is 3. The summed E-state index contributed by atoms with van der Waals surface area (Å²) >= 11 is 11.9. The normalized spacial score (nSPS) is 24.2. The van der Waals surface area contributed by atoms with Gasteiger partial charge in [0.05, 0.1) is 23.5 Å². The summed E-state index contributed by atoms with van der Waals surface area (Å²) in [6.45, 7) is 1.15. The van der Waals surface area contributed by atoms with E-state index in [0.29, 0.717) is 27.8 Å². The smallest absolute Gasteiger partial charge is 0.164 e. The number of rotatable bonds is 5. The second kappa shape index (κ2) is 9.85. The Labute approximate surface area is 214 Å². The number of nitrogens with zero attached hydrogens (tertiary/aromatic N) is 6. The average Bonchev–Trinajstić information content (AvgIpc) is 3.48. The van der Waals surface area contributed by atoms with Crippen LogP contribution in [0.4, 0.5) is 4.39 Å². The van der Waals surface area contributed by atoms with Crippen LogP contribution in [-0.4, -0.2) is 70.0 Å². The third-order valence-electron chi connectivity index (χ3n) is 5.97. The Kier molecular flexibility index (Phi) is 6.77. The SMILES string of the molecule is Cc1nc([C@@H]2O[C@H](CO)[C@H](O)[C@H](n3cc(-c4ccc(Cl)c(F)c4)nn3)[C@H]2O)n(-c2cccc(Cl)c2)n1. The van der Waals surface area contributed by atoms with Crippen molar-refractivity contribution in [1.82, 2.24) is 29.8 Å². The van der Waals surface area contributed by atoms with Crippen molar-refractivity contribution in [2.24, 2.45) is 0 Å². The van der Waals surface area contributed by atoms with Crippen LogP contribution in [-0.2, 0) is 4.74 Å². The molecular formula is C23H21Cl2FN6O4. The molecule has 4 aromatic rings. The minimum absolute atomic E-state index is 0.0332. The molecule has 1 aliphatic rings. The number of hydrogen-bond donors (Lipinski definition) is 3. The number of halogens is 3. The minimum atomic E-state index is -1.37. The highest BCUT2D eigenvalue weighted by Gasteiger charge is 2.48. The molecule has 1 fully saturated rings. The zero-order valence-corrected chi connectivity index (χ0v) is 20.3. The van der Waals surface area contributed by atoms with Crippen molar-refractivity contribution in [2.45, 2.75) is 37.4 Å². The van der Waals surface area contributed by atoms with Gasteiger partial charge in [-0.25, -0.2) is 18.7 Å². The molecule has 0 unspecified atom stereocenters. The number of aryl methyl sites for hydroxylation is 1. The first kappa shape index (κ1) is 24.8. The van der Waals surface area contributed by atoms with Gasteiger partial charge in [-0.15, -0.1) is 5.10 Å². The van der Waals surface area contributed by atoms with Crippen LogP contribution in [0.25, 0.3) is 16.9 Å². The first-order valence-electron chi connectivity index (χ1n) is 11.0. The van der Waals surface area contributed by atoms with Gasteiger partial charge in [-0.05, 0) is 37.3 Å². The van der Waals surface area contributed by atoms with E-state index in [2.05, 4.69) is 20.4 Å². The fourth-order valence-corrected chi connectivity index (χ4v) is 4.55. The minimum Gasteiger partial charge on any atom is -0.394 e. The molecule has 13 heteroatoms. The Hall–Kier alpha value is -2.93. The van der Waals surface area contributed by atoms with Gasteiger partial charge in [0.15, 0.2) is 5.82 Å². The molecule has 0 bridgehead atoms. The van der Waals surface area contributed by atoms with E-state index in [9.17, 15) is 19.7 Å². The summed E-state index contributed by atoms with van der Waals surface area (Å²) in [4.78, 5) is 4.44. The molecule has 0 aliphatic carbocycles. The van der Waals surface area contributed by atoms with Gasteiger partial charge in [0.2, 0.25) is 0 Å².